The van der Waals surface area contributed by atoms with Crippen LogP contribution in [0.4, 0.5) is 0 Å². The molecule has 0 amide bonds. The Morgan fingerprint density at radius 3 is 3.10 bits per heavy atom. The number of likely N-dealkylation sites (tertiary alicyclic amines) is 1. The van der Waals surface area contributed by atoms with E-state index in [1.54, 1.807) is 24.3 Å². The SMILES string of the molecule is CCC1CCN(CC(O)COc2cccc(C#N)c2)C1. The third-order valence-electron chi connectivity index (χ3n) is 3.82. The summed E-state index contributed by atoms with van der Waals surface area (Å²) in [5.41, 5.74) is 0.572. The summed E-state index contributed by atoms with van der Waals surface area (Å²) in [6, 6.07) is 9.09. The molecule has 1 N–H and O–H groups in total. The highest BCUT2D eigenvalue weighted by Gasteiger charge is 2.22. The summed E-state index contributed by atoms with van der Waals surface area (Å²) >= 11 is 0. The van der Waals surface area contributed by atoms with Crippen LogP contribution in [0.3, 0.4) is 0 Å². The van der Waals surface area contributed by atoms with Gasteiger partial charge in [-0.1, -0.05) is 19.4 Å². The number of benzene rings is 1. The van der Waals surface area contributed by atoms with Crippen molar-refractivity contribution in [1.82, 2.24) is 4.90 Å². The number of nitriles is 1. The topological polar surface area (TPSA) is 56.5 Å². The summed E-state index contributed by atoms with van der Waals surface area (Å²) in [5, 5.41) is 18.8. The van der Waals surface area contributed by atoms with Crippen LogP contribution < -0.4 is 4.74 Å². The molecule has 0 aromatic heterocycles. The van der Waals surface area contributed by atoms with Crippen molar-refractivity contribution >= 4 is 0 Å². The molecule has 0 radical (unpaired) electrons. The number of hydrogen-bond donors (Lipinski definition) is 1. The van der Waals surface area contributed by atoms with Crippen molar-refractivity contribution in [2.75, 3.05) is 26.2 Å². The van der Waals surface area contributed by atoms with Crippen molar-refractivity contribution in [3.63, 3.8) is 0 Å². The van der Waals surface area contributed by atoms with Crippen LogP contribution in [0.1, 0.15) is 25.3 Å². The van der Waals surface area contributed by atoms with E-state index >= 15 is 0 Å². The van der Waals surface area contributed by atoms with Gasteiger partial charge in [0.05, 0.1) is 11.6 Å². The van der Waals surface area contributed by atoms with Crippen LogP contribution in [0.5, 0.6) is 5.75 Å². The Hall–Kier alpha value is -1.57. The van der Waals surface area contributed by atoms with Gasteiger partial charge in [-0.2, -0.15) is 5.26 Å². The molecule has 4 nitrogen and oxygen atoms in total. The number of aliphatic hydroxyl groups is 1. The minimum atomic E-state index is -0.489. The molecule has 1 fully saturated rings. The molecule has 1 aromatic rings. The molecule has 0 spiro atoms. The molecule has 2 rings (SSSR count). The number of aliphatic hydroxyl groups excluding tert-OH is 1. The minimum absolute atomic E-state index is 0.266. The minimum Gasteiger partial charge on any atom is -0.491 e. The fourth-order valence-corrected chi connectivity index (χ4v) is 2.61. The highest BCUT2D eigenvalue weighted by atomic mass is 16.5. The molecular weight excluding hydrogens is 252 g/mol. The Labute approximate surface area is 120 Å². The van der Waals surface area contributed by atoms with Gasteiger partial charge in [-0.3, -0.25) is 0 Å². The Bertz CT molecular complexity index is 470. The van der Waals surface area contributed by atoms with Gasteiger partial charge in [-0.15, -0.1) is 0 Å². The zero-order valence-electron chi connectivity index (χ0n) is 12.0. The summed E-state index contributed by atoms with van der Waals surface area (Å²) in [7, 11) is 0. The van der Waals surface area contributed by atoms with E-state index in [0.717, 1.165) is 19.0 Å². The lowest BCUT2D eigenvalue weighted by atomic mass is 10.1. The predicted molar refractivity (Wildman–Crippen MR) is 77.5 cm³/mol. The van der Waals surface area contributed by atoms with Gasteiger partial charge in [0.25, 0.3) is 0 Å². The van der Waals surface area contributed by atoms with Crippen molar-refractivity contribution in [3.05, 3.63) is 29.8 Å². The van der Waals surface area contributed by atoms with Crippen molar-refractivity contribution < 1.29 is 9.84 Å². The first-order valence-corrected chi connectivity index (χ1v) is 7.24. The van der Waals surface area contributed by atoms with Crippen LogP contribution in [0.2, 0.25) is 0 Å². The van der Waals surface area contributed by atoms with E-state index in [2.05, 4.69) is 17.9 Å². The first kappa shape index (κ1) is 14.8. The summed E-state index contributed by atoms with van der Waals surface area (Å²) in [6.07, 6.45) is 1.95. The van der Waals surface area contributed by atoms with Gasteiger partial charge in [0.1, 0.15) is 18.5 Å². The van der Waals surface area contributed by atoms with E-state index in [9.17, 15) is 5.11 Å². The monoisotopic (exact) mass is 274 g/mol. The quantitative estimate of drug-likeness (QED) is 0.862. The summed E-state index contributed by atoms with van der Waals surface area (Å²) < 4.78 is 5.55. The van der Waals surface area contributed by atoms with Crippen molar-refractivity contribution in [1.29, 1.82) is 5.26 Å². The molecule has 108 valence electrons. The molecule has 1 aliphatic rings. The third-order valence-corrected chi connectivity index (χ3v) is 3.82. The standard InChI is InChI=1S/C16H22N2O2/c1-2-13-6-7-18(10-13)11-15(19)12-20-16-5-3-4-14(8-16)9-17/h3-5,8,13,15,19H,2,6-7,10-12H2,1H3. The van der Waals surface area contributed by atoms with Gasteiger partial charge >= 0.3 is 0 Å². The second-order valence-electron chi connectivity index (χ2n) is 5.43. The van der Waals surface area contributed by atoms with E-state index in [1.165, 1.54) is 12.8 Å². The van der Waals surface area contributed by atoms with E-state index in [-0.39, 0.29) is 6.61 Å². The molecule has 2 atom stereocenters. The molecule has 4 heteroatoms. The smallest absolute Gasteiger partial charge is 0.120 e. The number of hydrogen-bond acceptors (Lipinski definition) is 4. The molecule has 1 saturated heterocycles. The van der Waals surface area contributed by atoms with Gasteiger partial charge in [0.2, 0.25) is 0 Å². The Morgan fingerprint density at radius 1 is 1.55 bits per heavy atom. The van der Waals surface area contributed by atoms with E-state index in [4.69, 9.17) is 10.00 Å². The summed E-state index contributed by atoms with van der Waals surface area (Å²) in [4.78, 5) is 2.30. The first-order chi connectivity index (χ1) is 9.71. The van der Waals surface area contributed by atoms with Crippen molar-refractivity contribution in [2.45, 2.75) is 25.9 Å². The van der Waals surface area contributed by atoms with Crippen LogP contribution >= 0.6 is 0 Å². The van der Waals surface area contributed by atoms with Crippen LogP contribution in [-0.4, -0.2) is 42.4 Å². The van der Waals surface area contributed by atoms with Gasteiger partial charge in [-0.05, 0) is 37.1 Å². The maximum atomic E-state index is 10.0. The maximum absolute atomic E-state index is 10.0. The second kappa shape index (κ2) is 7.28. The Kier molecular flexibility index (Phi) is 5.40. The molecule has 1 aliphatic heterocycles. The number of rotatable bonds is 6. The second-order valence-corrected chi connectivity index (χ2v) is 5.43. The average Bonchev–Trinajstić information content (AvgIpc) is 2.93. The number of β-amino-alcohol motifs (C(OH)–C–C–N with tert-alkyl or cyclic N) is 1. The average molecular weight is 274 g/mol. The highest BCUT2D eigenvalue weighted by Crippen LogP contribution is 2.19. The lowest BCUT2D eigenvalue weighted by Crippen LogP contribution is -2.34. The highest BCUT2D eigenvalue weighted by molar-refractivity contribution is 5.36. The molecule has 1 heterocycles. The normalized spacial score (nSPS) is 20.6. The number of ether oxygens (including phenoxy) is 1. The molecule has 2 unspecified atom stereocenters. The Balaban J connectivity index is 1.75. The van der Waals surface area contributed by atoms with Crippen LogP contribution in [0.25, 0.3) is 0 Å². The van der Waals surface area contributed by atoms with Crippen LogP contribution in [0.15, 0.2) is 24.3 Å². The van der Waals surface area contributed by atoms with E-state index < -0.39 is 6.10 Å². The summed E-state index contributed by atoms with van der Waals surface area (Å²) in [5.74, 6) is 1.41. The van der Waals surface area contributed by atoms with E-state index in [0.29, 0.717) is 17.9 Å². The molecule has 20 heavy (non-hydrogen) atoms. The van der Waals surface area contributed by atoms with Gasteiger partial charge in [-0.25, -0.2) is 0 Å². The summed E-state index contributed by atoms with van der Waals surface area (Å²) in [6.45, 7) is 5.30. The molecule has 0 bridgehead atoms. The van der Waals surface area contributed by atoms with Crippen molar-refractivity contribution in [3.8, 4) is 11.8 Å². The van der Waals surface area contributed by atoms with E-state index in [1.807, 2.05) is 0 Å². The van der Waals surface area contributed by atoms with Gasteiger partial charge in [0, 0.05) is 13.1 Å². The fourth-order valence-electron chi connectivity index (χ4n) is 2.61. The number of nitrogens with zero attached hydrogens (tertiary/aromatic N) is 2. The largest absolute Gasteiger partial charge is 0.491 e. The lowest BCUT2D eigenvalue weighted by molar-refractivity contribution is 0.0746. The first-order valence-electron chi connectivity index (χ1n) is 7.24. The molecule has 1 aromatic carbocycles. The van der Waals surface area contributed by atoms with Gasteiger partial charge in [0.15, 0.2) is 0 Å². The lowest BCUT2D eigenvalue weighted by Gasteiger charge is -2.20. The molecule has 0 aliphatic carbocycles. The predicted octanol–water partition coefficient (Wildman–Crippen LogP) is 2.03. The third kappa shape index (κ3) is 4.22. The van der Waals surface area contributed by atoms with Crippen molar-refractivity contribution in [2.24, 2.45) is 5.92 Å². The maximum Gasteiger partial charge on any atom is 0.120 e. The Morgan fingerprint density at radius 2 is 2.40 bits per heavy atom. The molecular formula is C16H22N2O2. The van der Waals surface area contributed by atoms with Crippen LogP contribution in [-0.2, 0) is 0 Å². The van der Waals surface area contributed by atoms with Gasteiger partial charge < -0.3 is 14.7 Å². The fraction of sp³-hybridized carbons (Fsp3) is 0.562. The van der Waals surface area contributed by atoms with Crippen LogP contribution in [0, 0.1) is 17.2 Å². The zero-order chi connectivity index (χ0) is 14.4. The molecule has 0 saturated carbocycles. The zero-order valence-corrected chi connectivity index (χ0v) is 12.0.